The van der Waals surface area contributed by atoms with Gasteiger partial charge in [0.2, 0.25) is 0 Å². The first-order valence-corrected chi connectivity index (χ1v) is 5.54. The van der Waals surface area contributed by atoms with Gasteiger partial charge in [-0.1, -0.05) is 0 Å². The largest absolute Gasteiger partial charge is 0.506 e. The molecule has 0 aliphatic heterocycles. The summed E-state index contributed by atoms with van der Waals surface area (Å²) >= 11 is 0. The molecule has 2 aromatic carbocycles. The molecule has 0 aromatic heterocycles. The van der Waals surface area contributed by atoms with E-state index in [-0.39, 0.29) is 11.6 Å². The summed E-state index contributed by atoms with van der Waals surface area (Å²) in [4.78, 5) is 11.4. The number of hydrogen-bond donors (Lipinski definition) is 2. The van der Waals surface area contributed by atoms with E-state index in [1.54, 1.807) is 0 Å². The number of nitrogens with one attached hydrogen (secondary N) is 1. The average molecular weight is 261 g/mol. The van der Waals surface area contributed by atoms with Crippen LogP contribution >= 0.6 is 0 Å². The van der Waals surface area contributed by atoms with Gasteiger partial charge in [0.15, 0.2) is 0 Å². The van der Waals surface area contributed by atoms with Crippen molar-refractivity contribution in [1.29, 1.82) is 0 Å². The van der Waals surface area contributed by atoms with E-state index < -0.39 is 5.97 Å². The lowest BCUT2D eigenvalue weighted by Crippen LogP contribution is -2.02. The summed E-state index contributed by atoms with van der Waals surface area (Å²) in [6.45, 7) is 0. The predicted octanol–water partition coefficient (Wildman–Crippen LogP) is 3.06. The first-order valence-electron chi connectivity index (χ1n) is 5.54. The van der Waals surface area contributed by atoms with Gasteiger partial charge in [-0.2, -0.15) is 0 Å². The molecule has 0 aliphatic rings. The SMILES string of the molecule is COC(=O)c1ccc(O)c(Nc2ccc(F)cc2)c1. The average Bonchev–Trinajstić information content (AvgIpc) is 2.43. The Kier molecular flexibility index (Phi) is 3.66. The molecule has 0 unspecified atom stereocenters. The van der Waals surface area contributed by atoms with E-state index in [4.69, 9.17) is 0 Å². The Morgan fingerprint density at radius 1 is 1.21 bits per heavy atom. The standard InChI is InChI=1S/C14H12FNO3/c1-19-14(18)9-2-7-13(17)12(8-9)16-11-5-3-10(15)4-6-11/h2-8,16-17H,1H3. The van der Waals surface area contributed by atoms with Gasteiger partial charge in [0, 0.05) is 5.69 Å². The molecule has 0 amide bonds. The normalized spacial score (nSPS) is 10.0. The van der Waals surface area contributed by atoms with Crippen molar-refractivity contribution in [2.24, 2.45) is 0 Å². The molecular formula is C14H12FNO3. The molecule has 0 aliphatic carbocycles. The van der Waals surface area contributed by atoms with Crippen LogP contribution in [0.25, 0.3) is 0 Å². The van der Waals surface area contributed by atoms with Crippen molar-refractivity contribution in [2.45, 2.75) is 0 Å². The van der Waals surface area contributed by atoms with Gasteiger partial charge in [0.05, 0.1) is 18.4 Å². The molecule has 2 aromatic rings. The minimum Gasteiger partial charge on any atom is -0.506 e. The molecule has 0 heterocycles. The number of aromatic hydroxyl groups is 1. The highest BCUT2D eigenvalue weighted by molar-refractivity contribution is 5.91. The number of carbonyl (C=O) groups is 1. The van der Waals surface area contributed by atoms with E-state index in [0.29, 0.717) is 16.9 Å². The molecule has 2 N–H and O–H groups in total. The summed E-state index contributed by atoms with van der Waals surface area (Å²) in [6, 6.07) is 9.95. The second-order valence-corrected chi connectivity index (χ2v) is 3.86. The maximum absolute atomic E-state index is 12.8. The Morgan fingerprint density at radius 2 is 1.89 bits per heavy atom. The molecule has 0 saturated heterocycles. The van der Waals surface area contributed by atoms with Crippen molar-refractivity contribution in [2.75, 3.05) is 12.4 Å². The minimum absolute atomic E-state index is 0.0167. The molecule has 0 atom stereocenters. The molecule has 19 heavy (non-hydrogen) atoms. The Labute approximate surface area is 109 Å². The number of anilines is 2. The van der Waals surface area contributed by atoms with E-state index in [0.717, 1.165) is 0 Å². The van der Waals surface area contributed by atoms with Crippen LogP contribution in [0, 0.1) is 5.82 Å². The first kappa shape index (κ1) is 12.9. The van der Waals surface area contributed by atoms with Crippen LogP contribution in [0.5, 0.6) is 5.75 Å². The third-order valence-electron chi connectivity index (χ3n) is 2.54. The van der Waals surface area contributed by atoms with Crippen LogP contribution in [0.2, 0.25) is 0 Å². The van der Waals surface area contributed by atoms with E-state index >= 15 is 0 Å². The van der Waals surface area contributed by atoms with Gasteiger partial charge in [-0.3, -0.25) is 0 Å². The molecule has 2 rings (SSSR count). The number of phenolic OH excluding ortho intramolecular Hbond substituents is 1. The summed E-state index contributed by atoms with van der Waals surface area (Å²) in [5.41, 5.74) is 1.25. The fraction of sp³-hybridized carbons (Fsp3) is 0.0714. The van der Waals surface area contributed by atoms with Gasteiger partial charge in [-0.15, -0.1) is 0 Å². The van der Waals surface area contributed by atoms with Crippen LogP contribution in [0.4, 0.5) is 15.8 Å². The van der Waals surface area contributed by atoms with Gasteiger partial charge in [-0.05, 0) is 42.5 Å². The van der Waals surface area contributed by atoms with Crippen LogP contribution in [0.15, 0.2) is 42.5 Å². The highest BCUT2D eigenvalue weighted by Crippen LogP contribution is 2.28. The van der Waals surface area contributed by atoms with Crippen molar-refractivity contribution in [3.63, 3.8) is 0 Å². The fourth-order valence-corrected chi connectivity index (χ4v) is 1.57. The van der Waals surface area contributed by atoms with Crippen molar-refractivity contribution in [3.8, 4) is 5.75 Å². The van der Waals surface area contributed by atoms with Crippen molar-refractivity contribution >= 4 is 17.3 Å². The van der Waals surface area contributed by atoms with E-state index in [9.17, 15) is 14.3 Å². The van der Waals surface area contributed by atoms with Crippen molar-refractivity contribution in [3.05, 3.63) is 53.8 Å². The fourth-order valence-electron chi connectivity index (χ4n) is 1.57. The molecule has 4 nitrogen and oxygen atoms in total. The molecule has 0 fully saturated rings. The monoisotopic (exact) mass is 261 g/mol. The zero-order chi connectivity index (χ0) is 13.8. The molecule has 98 valence electrons. The zero-order valence-corrected chi connectivity index (χ0v) is 10.2. The summed E-state index contributed by atoms with van der Waals surface area (Å²) in [7, 11) is 1.28. The Morgan fingerprint density at radius 3 is 2.53 bits per heavy atom. The van der Waals surface area contributed by atoms with Gasteiger partial charge in [-0.25, -0.2) is 9.18 Å². The number of hydrogen-bond acceptors (Lipinski definition) is 4. The summed E-state index contributed by atoms with van der Waals surface area (Å²) in [5.74, 6) is -0.864. The van der Waals surface area contributed by atoms with Crippen molar-refractivity contribution < 1.29 is 19.0 Å². The number of esters is 1. The molecular weight excluding hydrogens is 249 g/mol. The van der Waals surface area contributed by atoms with Crippen LogP contribution in [-0.4, -0.2) is 18.2 Å². The molecule has 0 saturated carbocycles. The van der Waals surface area contributed by atoms with E-state index in [1.807, 2.05) is 0 Å². The Bertz CT molecular complexity index is 596. The van der Waals surface area contributed by atoms with E-state index in [1.165, 1.54) is 49.6 Å². The van der Waals surface area contributed by atoms with Gasteiger partial charge in [0.25, 0.3) is 0 Å². The Balaban J connectivity index is 2.28. The highest BCUT2D eigenvalue weighted by Gasteiger charge is 2.09. The lowest BCUT2D eigenvalue weighted by Gasteiger charge is -2.09. The highest BCUT2D eigenvalue weighted by atomic mass is 19.1. The van der Waals surface area contributed by atoms with Gasteiger partial charge >= 0.3 is 5.97 Å². The molecule has 0 radical (unpaired) electrons. The van der Waals surface area contributed by atoms with E-state index in [2.05, 4.69) is 10.1 Å². The number of rotatable bonds is 3. The predicted molar refractivity (Wildman–Crippen MR) is 69.1 cm³/mol. The molecule has 0 bridgehead atoms. The number of halogens is 1. The van der Waals surface area contributed by atoms with Crippen molar-refractivity contribution in [1.82, 2.24) is 0 Å². The lowest BCUT2D eigenvalue weighted by atomic mass is 10.2. The second-order valence-electron chi connectivity index (χ2n) is 3.86. The maximum Gasteiger partial charge on any atom is 0.337 e. The third-order valence-corrected chi connectivity index (χ3v) is 2.54. The van der Waals surface area contributed by atoms with Gasteiger partial charge < -0.3 is 15.2 Å². The van der Waals surface area contributed by atoms with Gasteiger partial charge in [0.1, 0.15) is 11.6 Å². The topological polar surface area (TPSA) is 58.6 Å². The summed E-state index contributed by atoms with van der Waals surface area (Å²) < 4.78 is 17.4. The smallest absolute Gasteiger partial charge is 0.337 e. The van der Waals surface area contributed by atoms with Crippen LogP contribution in [-0.2, 0) is 4.74 Å². The zero-order valence-electron chi connectivity index (χ0n) is 10.2. The maximum atomic E-state index is 12.8. The number of benzene rings is 2. The number of phenols is 1. The molecule has 5 heteroatoms. The third kappa shape index (κ3) is 3.01. The van der Waals surface area contributed by atoms with Crippen LogP contribution in [0.3, 0.4) is 0 Å². The van der Waals surface area contributed by atoms with Crippen LogP contribution in [0.1, 0.15) is 10.4 Å². The van der Waals surface area contributed by atoms with Crippen LogP contribution < -0.4 is 5.32 Å². The summed E-state index contributed by atoms with van der Waals surface area (Å²) in [5, 5.41) is 12.6. The summed E-state index contributed by atoms with van der Waals surface area (Å²) in [6.07, 6.45) is 0. The lowest BCUT2D eigenvalue weighted by molar-refractivity contribution is 0.0601. The quantitative estimate of drug-likeness (QED) is 0.658. The first-order chi connectivity index (χ1) is 9.10. The number of ether oxygens (including phenoxy) is 1. The molecule has 0 spiro atoms. The minimum atomic E-state index is -0.498. The second kappa shape index (κ2) is 5.39. The number of methoxy groups -OCH3 is 1. The Hall–Kier alpha value is -2.56. The number of carbonyl (C=O) groups excluding carboxylic acids is 1.